The van der Waals surface area contributed by atoms with Gasteiger partial charge in [0.1, 0.15) is 0 Å². The van der Waals surface area contributed by atoms with Gasteiger partial charge in [-0.25, -0.2) is 0 Å². The van der Waals surface area contributed by atoms with E-state index in [0.29, 0.717) is 19.0 Å². The van der Waals surface area contributed by atoms with Crippen molar-refractivity contribution in [2.75, 3.05) is 26.2 Å². The molecule has 2 aromatic carbocycles. The van der Waals surface area contributed by atoms with Crippen molar-refractivity contribution in [1.82, 2.24) is 15.1 Å². The maximum absolute atomic E-state index is 12.8. The number of nitrogens with one attached hydrogen (secondary N) is 1. The number of rotatable bonds is 8. The number of hydrogen-bond acceptors (Lipinski definition) is 3. The second-order valence-electron chi connectivity index (χ2n) is 8.58. The molecule has 1 saturated heterocycles. The van der Waals surface area contributed by atoms with E-state index in [4.69, 9.17) is 0 Å². The van der Waals surface area contributed by atoms with Crippen LogP contribution >= 0.6 is 0 Å². The minimum atomic E-state index is 0.108. The molecular formula is C26H35N3O2. The Balaban J connectivity index is 1.55. The second kappa shape index (κ2) is 11.1. The van der Waals surface area contributed by atoms with E-state index in [-0.39, 0.29) is 11.8 Å². The predicted octanol–water partition coefficient (Wildman–Crippen LogP) is 4.33. The Labute approximate surface area is 186 Å². The van der Waals surface area contributed by atoms with Crippen molar-refractivity contribution < 1.29 is 9.59 Å². The third-order valence-corrected chi connectivity index (χ3v) is 6.00. The second-order valence-corrected chi connectivity index (χ2v) is 8.58. The number of hydrogen-bond donors (Lipinski definition) is 1. The van der Waals surface area contributed by atoms with E-state index in [0.717, 1.165) is 61.3 Å². The molecule has 1 aliphatic rings. The van der Waals surface area contributed by atoms with E-state index in [1.54, 1.807) is 0 Å². The number of carbonyl (C=O) groups is 2. The third kappa shape index (κ3) is 6.41. The van der Waals surface area contributed by atoms with Crippen LogP contribution in [0.1, 0.15) is 56.0 Å². The van der Waals surface area contributed by atoms with Crippen molar-refractivity contribution in [1.29, 1.82) is 0 Å². The highest BCUT2D eigenvalue weighted by atomic mass is 16.2. The van der Waals surface area contributed by atoms with Crippen LogP contribution in [0.25, 0.3) is 11.1 Å². The largest absolute Gasteiger partial charge is 0.352 e. The highest BCUT2D eigenvalue weighted by Gasteiger charge is 2.23. The first-order valence-electron chi connectivity index (χ1n) is 11.5. The molecule has 2 aromatic rings. The lowest BCUT2D eigenvalue weighted by atomic mass is 10.0. The highest BCUT2D eigenvalue weighted by molar-refractivity contribution is 5.94. The fourth-order valence-electron chi connectivity index (χ4n) is 3.87. The van der Waals surface area contributed by atoms with Gasteiger partial charge in [0.05, 0.1) is 0 Å². The normalized spacial score (nSPS) is 14.6. The summed E-state index contributed by atoms with van der Waals surface area (Å²) >= 11 is 0. The molecule has 0 bridgehead atoms. The summed E-state index contributed by atoms with van der Waals surface area (Å²) < 4.78 is 0. The molecule has 166 valence electrons. The zero-order chi connectivity index (χ0) is 22.2. The fraction of sp³-hybridized carbons (Fsp3) is 0.462. The van der Waals surface area contributed by atoms with Gasteiger partial charge in [-0.2, -0.15) is 0 Å². The van der Waals surface area contributed by atoms with E-state index in [1.165, 1.54) is 0 Å². The molecule has 1 fully saturated rings. The molecule has 2 amide bonds. The van der Waals surface area contributed by atoms with Crippen LogP contribution in [-0.4, -0.2) is 53.8 Å². The molecule has 1 heterocycles. The Morgan fingerprint density at radius 1 is 0.903 bits per heavy atom. The predicted molar refractivity (Wildman–Crippen MR) is 126 cm³/mol. The lowest BCUT2D eigenvalue weighted by molar-refractivity contribution is -0.121. The first-order chi connectivity index (χ1) is 15.0. The van der Waals surface area contributed by atoms with Crippen molar-refractivity contribution in [3.05, 3.63) is 59.7 Å². The Morgan fingerprint density at radius 2 is 1.48 bits per heavy atom. The van der Waals surface area contributed by atoms with Crippen LogP contribution in [0.5, 0.6) is 0 Å². The van der Waals surface area contributed by atoms with Gasteiger partial charge in [-0.3, -0.25) is 14.5 Å². The van der Waals surface area contributed by atoms with E-state index < -0.39 is 0 Å². The Bertz CT molecular complexity index is 851. The number of amides is 2. The summed E-state index contributed by atoms with van der Waals surface area (Å²) in [5.41, 5.74) is 4.01. The highest BCUT2D eigenvalue weighted by Crippen LogP contribution is 2.21. The van der Waals surface area contributed by atoms with Gasteiger partial charge in [0, 0.05) is 50.7 Å². The zero-order valence-electron chi connectivity index (χ0n) is 19.1. The van der Waals surface area contributed by atoms with E-state index >= 15 is 0 Å². The van der Waals surface area contributed by atoms with Crippen LogP contribution in [0.2, 0.25) is 0 Å². The van der Waals surface area contributed by atoms with Crippen LogP contribution in [0, 0.1) is 0 Å². The molecule has 0 aliphatic carbocycles. The van der Waals surface area contributed by atoms with Crippen LogP contribution in [-0.2, 0) is 11.3 Å². The lowest BCUT2D eigenvalue weighted by Crippen LogP contribution is -2.50. The molecule has 5 nitrogen and oxygen atoms in total. The monoisotopic (exact) mass is 421 g/mol. The van der Waals surface area contributed by atoms with Crippen LogP contribution in [0.4, 0.5) is 0 Å². The molecule has 1 aliphatic heterocycles. The van der Waals surface area contributed by atoms with Crippen molar-refractivity contribution in [3.63, 3.8) is 0 Å². The minimum absolute atomic E-state index is 0.108. The van der Waals surface area contributed by atoms with Crippen molar-refractivity contribution in [3.8, 4) is 11.1 Å². The summed E-state index contributed by atoms with van der Waals surface area (Å²) in [5, 5.41) is 2.97. The van der Waals surface area contributed by atoms with E-state index in [2.05, 4.69) is 43.1 Å². The lowest BCUT2D eigenvalue weighted by Gasteiger charge is -2.37. The summed E-state index contributed by atoms with van der Waals surface area (Å²) in [7, 11) is 0. The molecular weight excluding hydrogens is 386 g/mol. The maximum atomic E-state index is 12.8. The molecule has 0 atom stereocenters. The van der Waals surface area contributed by atoms with Gasteiger partial charge < -0.3 is 10.2 Å². The molecule has 5 heteroatoms. The fourth-order valence-corrected chi connectivity index (χ4v) is 3.87. The standard InChI is InChI=1S/C26H35N3O2/c1-4-5-6-25(30)27-19-21-7-9-22(10-8-21)23-11-13-24(14-12-23)26(31)29-17-15-28(16-18-29)20(2)3/h7-14,20H,4-6,15-19H2,1-3H3,(H,27,30). The van der Waals surface area contributed by atoms with Gasteiger partial charge in [-0.15, -0.1) is 0 Å². The quantitative estimate of drug-likeness (QED) is 0.690. The van der Waals surface area contributed by atoms with Crippen LogP contribution < -0.4 is 5.32 Å². The number of piperazine rings is 1. The SMILES string of the molecule is CCCCC(=O)NCc1ccc(-c2ccc(C(=O)N3CCN(C(C)C)CC3)cc2)cc1. The zero-order valence-corrected chi connectivity index (χ0v) is 19.1. The Hall–Kier alpha value is -2.66. The van der Waals surface area contributed by atoms with E-state index in [9.17, 15) is 9.59 Å². The van der Waals surface area contributed by atoms with Gasteiger partial charge in [0.25, 0.3) is 5.91 Å². The Kier molecular flexibility index (Phi) is 8.24. The van der Waals surface area contributed by atoms with Gasteiger partial charge in [-0.1, -0.05) is 49.7 Å². The van der Waals surface area contributed by atoms with Gasteiger partial charge in [-0.05, 0) is 49.1 Å². The average molecular weight is 422 g/mol. The molecule has 0 spiro atoms. The van der Waals surface area contributed by atoms with Gasteiger partial charge in [0.15, 0.2) is 0 Å². The Morgan fingerprint density at radius 3 is 2.03 bits per heavy atom. The van der Waals surface area contributed by atoms with Crippen molar-refractivity contribution in [2.45, 2.75) is 52.6 Å². The molecule has 0 aromatic heterocycles. The smallest absolute Gasteiger partial charge is 0.253 e. The number of nitrogens with zero attached hydrogens (tertiary/aromatic N) is 2. The summed E-state index contributed by atoms with van der Waals surface area (Å²) in [6, 6.07) is 16.6. The van der Waals surface area contributed by atoms with Gasteiger partial charge in [0.2, 0.25) is 5.91 Å². The summed E-state index contributed by atoms with van der Waals surface area (Å²) in [4.78, 5) is 29.0. The maximum Gasteiger partial charge on any atom is 0.253 e. The molecule has 31 heavy (non-hydrogen) atoms. The van der Waals surface area contributed by atoms with Gasteiger partial charge >= 0.3 is 0 Å². The number of benzene rings is 2. The first-order valence-corrected chi connectivity index (χ1v) is 11.5. The third-order valence-electron chi connectivity index (χ3n) is 6.00. The molecule has 0 unspecified atom stereocenters. The van der Waals surface area contributed by atoms with Crippen molar-refractivity contribution >= 4 is 11.8 Å². The molecule has 0 radical (unpaired) electrons. The molecule has 0 saturated carbocycles. The van der Waals surface area contributed by atoms with Crippen LogP contribution in [0.15, 0.2) is 48.5 Å². The molecule has 3 rings (SSSR count). The summed E-state index contributed by atoms with van der Waals surface area (Å²) in [5.74, 6) is 0.223. The first kappa shape index (κ1) is 23.0. The number of unbranched alkanes of at least 4 members (excludes halogenated alkanes) is 1. The summed E-state index contributed by atoms with van der Waals surface area (Å²) in [6.07, 6.45) is 2.55. The summed E-state index contributed by atoms with van der Waals surface area (Å²) in [6.45, 7) is 10.5. The van der Waals surface area contributed by atoms with Crippen LogP contribution in [0.3, 0.4) is 0 Å². The number of carbonyl (C=O) groups excluding carboxylic acids is 2. The average Bonchev–Trinajstić information content (AvgIpc) is 2.81. The van der Waals surface area contributed by atoms with E-state index in [1.807, 2.05) is 41.3 Å². The minimum Gasteiger partial charge on any atom is -0.352 e. The van der Waals surface area contributed by atoms with Crippen molar-refractivity contribution in [2.24, 2.45) is 0 Å². The molecule has 1 N–H and O–H groups in total. The topological polar surface area (TPSA) is 52.7 Å².